The molecule has 0 atom stereocenters. The van der Waals surface area contributed by atoms with Crippen molar-refractivity contribution in [3.8, 4) is 11.4 Å². The fourth-order valence-electron chi connectivity index (χ4n) is 1.49. The van der Waals surface area contributed by atoms with Crippen molar-refractivity contribution in [2.24, 2.45) is 0 Å². The van der Waals surface area contributed by atoms with Gasteiger partial charge in [-0.1, -0.05) is 30.3 Å². The number of benzene rings is 1. The van der Waals surface area contributed by atoms with Crippen molar-refractivity contribution in [2.45, 2.75) is 6.92 Å². The predicted molar refractivity (Wildman–Crippen MR) is 67.8 cm³/mol. The molecule has 0 unspecified atom stereocenters. The Kier molecular flexibility index (Phi) is 3.52. The van der Waals surface area contributed by atoms with Gasteiger partial charge in [-0.3, -0.25) is 0 Å². The van der Waals surface area contributed by atoms with Gasteiger partial charge in [-0.2, -0.15) is 0 Å². The first-order valence-electron chi connectivity index (χ1n) is 5.58. The van der Waals surface area contributed by atoms with E-state index in [0.717, 1.165) is 5.56 Å². The van der Waals surface area contributed by atoms with Crippen LogP contribution in [0.3, 0.4) is 0 Å². The van der Waals surface area contributed by atoms with Crippen LogP contribution < -0.4 is 5.73 Å². The summed E-state index contributed by atoms with van der Waals surface area (Å²) in [5, 5.41) is 0. The third-order valence-electron chi connectivity index (χ3n) is 2.26. The van der Waals surface area contributed by atoms with Crippen molar-refractivity contribution in [3.05, 3.63) is 42.1 Å². The highest BCUT2D eigenvalue weighted by atomic mass is 16.5. The molecule has 0 amide bonds. The Morgan fingerprint density at radius 3 is 2.67 bits per heavy atom. The summed E-state index contributed by atoms with van der Waals surface area (Å²) in [6, 6.07) is 10.7. The second kappa shape index (κ2) is 5.27. The van der Waals surface area contributed by atoms with E-state index in [2.05, 4.69) is 9.97 Å². The second-order valence-electron chi connectivity index (χ2n) is 3.59. The summed E-state index contributed by atoms with van der Waals surface area (Å²) in [7, 11) is 0. The lowest BCUT2D eigenvalue weighted by molar-refractivity contribution is 0.0519. The van der Waals surface area contributed by atoms with Crippen molar-refractivity contribution in [3.63, 3.8) is 0 Å². The Labute approximate surface area is 105 Å². The molecule has 0 bridgehead atoms. The maximum Gasteiger partial charge on any atom is 0.357 e. The molecule has 2 aromatic rings. The van der Waals surface area contributed by atoms with Crippen LogP contribution in [0.4, 0.5) is 5.82 Å². The lowest BCUT2D eigenvalue weighted by Gasteiger charge is -2.05. The van der Waals surface area contributed by atoms with E-state index in [-0.39, 0.29) is 11.5 Å². The molecule has 2 rings (SSSR count). The number of hydrogen-bond donors (Lipinski definition) is 1. The number of aromatic nitrogens is 2. The largest absolute Gasteiger partial charge is 0.461 e. The average Bonchev–Trinajstić information content (AvgIpc) is 2.39. The highest BCUT2D eigenvalue weighted by molar-refractivity contribution is 5.88. The highest BCUT2D eigenvalue weighted by Crippen LogP contribution is 2.16. The summed E-state index contributed by atoms with van der Waals surface area (Å²) in [6.45, 7) is 2.03. The zero-order chi connectivity index (χ0) is 13.0. The summed E-state index contributed by atoms with van der Waals surface area (Å²) in [4.78, 5) is 19.9. The van der Waals surface area contributed by atoms with Gasteiger partial charge in [0, 0.05) is 11.6 Å². The summed E-state index contributed by atoms with van der Waals surface area (Å²) in [5.41, 5.74) is 6.64. The molecule has 0 aliphatic heterocycles. The zero-order valence-electron chi connectivity index (χ0n) is 9.96. The highest BCUT2D eigenvalue weighted by Gasteiger charge is 2.12. The lowest BCUT2D eigenvalue weighted by Crippen LogP contribution is -2.09. The maximum absolute atomic E-state index is 11.6. The monoisotopic (exact) mass is 243 g/mol. The normalized spacial score (nSPS) is 10.1. The van der Waals surface area contributed by atoms with Gasteiger partial charge in [-0.05, 0) is 6.92 Å². The van der Waals surface area contributed by atoms with Crippen molar-refractivity contribution in [2.75, 3.05) is 12.3 Å². The van der Waals surface area contributed by atoms with E-state index in [1.165, 1.54) is 6.07 Å². The number of nitrogen functional groups attached to an aromatic ring is 1. The Hall–Kier alpha value is -2.43. The molecule has 0 saturated heterocycles. The van der Waals surface area contributed by atoms with Gasteiger partial charge in [0.05, 0.1) is 6.61 Å². The Morgan fingerprint density at radius 2 is 2.00 bits per heavy atom. The molecule has 0 spiro atoms. The number of ether oxygens (including phenoxy) is 1. The van der Waals surface area contributed by atoms with E-state index >= 15 is 0 Å². The van der Waals surface area contributed by atoms with E-state index < -0.39 is 5.97 Å². The summed E-state index contributed by atoms with van der Waals surface area (Å²) in [6.07, 6.45) is 0. The Bertz CT molecular complexity index is 555. The quantitative estimate of drug-likeness (QED) is 0.833. The van der Waals surface area contributed by atoms with E-state index in [1.807, 2.05) is 30.3 Å². The minimum Gasteiger partial charge on any atom is -0.461 e. The molecule has 2 N–H and O–H groups in total. The topological polar surface area (TPSA) is 78.1 Å². The molecular formula is C13H13N3O2. The van der Waals surface area contributed by atoms with Crippen LogP contribution in [0.15, 0.2) is 36.4 Å². The number of nitrogens with zero attached hydrogens (tertiary/aromatic N) is 2. The average molecular weight is 243 g/mol. The molecule has 1 heterocycles. The fraction of sp³-hybridized carbons (Fsp3) is 0.154. The summed E-state index contributed by atoms with van der Waals surface area (Å²) in [5.74, 6) is 0.161. The van der Waals surface area contributed by atoms with Gasteiger partial charge in [-0.15, -0.1) is 0 Å². The number of rotatable bonds is 3. The Morgan fingerprint density at radius 1 is 1.28 bits per heavy atom. The lowest BCUT2D eigenvalue weighted by atomic mass is 10.2. The second-order valence-corrected chi connectivity index (χ2v) is 3.59. The van der Waals surface area contributed by atoms with Crippen LogP contribution in [0.25, 0.3) is 11.4 Å². The summed E-state index contributed by atoms with van der Waals surface area (Å²) >= 11 is 0. The van der Waals surface area contributed by atoms with Crippen molar-refractivity contribution in [1.82, 2.24) is 9.97 Å². The van der Waals surface area contributed by atoms with E-state index in [0.29, 0.717) is 12.4 Å². The molecule has 5 heteroatoms. The van der Waals surface area contributed by atoms with Crippen LogP contribution in [0.2, 0.25) is 0 Å². The van der Waals surface area contributed by atoms with Gasteiger partial charge >= 0.3 is 5.97 Å². The van der Waals surface area contributed by atoms with Crippen LogP contribution >= 0.6 is 0 Å². The van der Waals surface area contributed by atoms with E-state index in [1.54, 1.807) is 6.92 Å². The first-order chi connectivity index (χ1) is 8.70. The van der Waals surface area contributed by atoms with Crippen LogP contribution in [0, 0.1) is 0 Å². The molecule has 0 saturated carbocycles. The molecule has 0 aliphatic carbocycles. The van der Waals surface area contributed by atoms with Crippen molar-refractivity contribution in [1.29, 1.82) is 0 Å². The number of esters is 1. The molecule has 5 nitrogen and oxygen atoms in total. The van der Waals surface area contributed by atoms with Gasteiger partial charge in [0.15, 0.2) is 11.5 Å². The molecule has 0 radical (unpaired) electrons. The number of nitrogens with two attached hydrogens (primary N) is 1. The molecule has 92 valence electrons. The van der Waals surface area contributed by atoms with E-state index in [9.17, 15) is 4.79 Å². The van der Waals surface area contributed by atoms with Gasteiger partial charge < -0.3 is 10.5 Å². The SMILES string of the molecule is CCOC(=O)c1cc(N)nc(-c2ccccc2)n1. The van der Waals surface area contributed by atoms with Crippen molar-refractivity contribution < 1.29 is 9.53 Å². The number of carbonyl (C=O) groups is 1. The van der Waals surface area contributed by atoms with Crippen LogP contribution in [-0.4, -0.2) is 22.5 Å². The van der Waals surface area contributed by atoms with Gasteiger partial charge in [0.1, 0.15) is 5.82 Å². The fourth-order valence-corrected chi connectivity index (χ4v) is 1.49. The first-order valence-corrected chi connectivity index (χ1v) is 5.58. The predicted octanol–water partition coefficient (Wildman–Crippen LogP) is 1.90. The van der Waals surface area contributed by atoms with Gasteiger partial charge in [0.2, 0.25) is 0 Å². The Balaban J connectivity index is 2.41. The van der Waals surface area contributed by atoms with E-state index in [4.69, 9.17) is 10.5 Å². The zero-order valence-corrected chi connectivity index (χ0v) is 9.96. The number of hydrogen-bond acceptors (Lipinski definition) is 5. The van der Waals surface area contributed by atoms with Crippen molar-refractivity contribution >= 4 is 11.8 Å². The molecule has 1 aromatic heterocycles. The van der Waals surface area contributed by atoms with Gasteiger partial charge in [-0.25, -0.2) is 14.8 Å². The third-order valence-corrected chi connectivity index (χ3v) is 2.26. The first kappa shape index (κ1) is 12.0. The number of anilines is 1. The molecule has 18 heavy (non-hydrogen) atoms. The smallest absolute Gasteiger partial charge is 0.357 e. The van der Waals surface area contributed by atoms with Crippen LogP contribution in [0.5, 0.6) is 0 Å². The third kappa shape index (κ3) is 2.63. The molecule has 1 aromatic carbocycles. The maximum atomic E-state index is 11.6. The standard InChI is InChI=1S/C13H13N3O2/c1-2-18-13(17)10-8-11(14)16-12(15-10)9-6-4-3-5-7-9/h3-8H,2H2,1H3,(H2,14,15,16). The summed E-state index contributed by atoms with van der Waals surface area (Å²) < 4.78 is 4.89. The van der Waals surface area contributed by atoms with Gasteiger partial charge in [0.25, 0.3) is 0 Å². The molecule has 0 aliphatic rings. The van der Waals surface area contributed by atoms with Crippen LogP contribution in [-0.2, 0) is 4.74 Å². The van der Waals surface area contributed by atoms with Crippen LogP contribution in [0.1, 0.15) is 17.4 Å². The molecule has 0 fully saturated rings. The minimum atomic E-state index is -0.496. The number of carbonyl (C=O) groups excluding carboxylic acids is 1. The minimum absolute atomic E-state index is 0.170. The molecular weight excluding hydrogens is 230 g/mol.